The first-order valence-corrected chi connectivity index (χ1v) is 7.33. The predicted molar refractivity (Wildman–Crippen MR) is 82.5 cm³/mol. The Kier molecular flexibility index (Phi) is 4.59. The van der Waals surface area contributed by atoms with Gasteiger partial charge in [0.05, 0.1) is 16.3 Å². The molecule has 1 amide bonds. The highest BCUT2D eigenvalue weighted by molar-refractivity contribution is 7.24. The molecule has 0 aliphatic heterocycles. The third-order valence-electron chi connectivity index (χ3n) is 2.72. The number of carbonyl (C=O) groups is 3. The number of nitrogens with one attached hydrogen (secondary N) is 1. The molecule has 7 heteroatoms. The number of aldehydes is 1. The summed E-state index contributed by atoms with van der Waals surface area (Å²) in [5.41, 5.74) is 0.585. The normalized spacial score (nSPS) is 10.4. The minimum atomic E-state index is -0.539. The van der Waals surface area contributed by atoms with E-state index in [4.69, 9.17) is 16.3 Å². The highest BCUT2D eigenvalue weighted by Gasteiger charge is 2.23. The van der Waals surface area contributed by atoms with Crippen LogP contribution in [-0.2, 0) is 9.53 Å². The molecule has 0 spiro atoms. The van der Waals surface area contributed by atoms with Crippen molar-refractivity contribution in [1.82, 2.24) is 0 Å². The fourth-order valence-electron chi connectivity index (χ4n) is 1.89. The zero-order valence-corrected chi connectivity index (χ0v) is 12.9. The average molecular weight is 326 g/mol. The van der Waals surface area contributed by atoms with Gasteiger partial charge in [-0.1, -0.05) is 17.7 Å². The zero-order chi connectivity index (χ0) is 15.6. The third kappa shape index (κ3) is 2.91. The molecule has 0 unspecified atom stereocenters. The lowest BCUT2D eigenvalue weighted by Gasteiger charge is -2.04. The molecular weight excluding hydrogens is 314 g/mol. The molecule has 5 nitrogen and oxygen atoms in total. The number of ether oxygens (including phenoxy) is 1. The highest BCUT2D eigenvalue weighted by Crippen LogP contribution is 2.41. The minimum Gasteiger partial charge on any atom is -0.462 e. The fraction of sp³-hybridized carbons (Fsp3) is 0.214. The molecular formula is C14H12ClNO4S. The number of esters is 1. The molecule has 110 valence electrons. The van der Waals surface area contributed by atoms with Crippen LogP contribution in [0, 0.1) is 0 Å². The zero-order valence-electron chi connectivity index (χ0n) is 11.4. The van der Waals surface area contributed by atoms with Crippen LogP contribution in [0.1, 0.15) is 34.6 Å². The predicted octanol–water partition coefficient (Wildman–Crippen LogP) is 3.50. The molecule has 1 aromatic carbocycles. The van der Waals surface area contributed by atoms with Crippen LogP contribution in [0.3, 0.4) is 0 Å². The third-order valence-corrected chi connectivity index (χ3v) is 4.38. The summed E-state index contributed by atoms with van der Waals surface area (Å²) >= 11 is 7.30. The van der Waals surface area contributed by atoms with E-state index in [-0.39, 0.29) is 23.1 Å². The summed E-state index contributed by atoms with van der Waals surface area (Å²) in [6.45, 7) is 3.26. The summed E-state index contributed by atoms with van der Waals surface area (Å²) in [5.74, 6) is -0.846. The Morgan fingerprint density at radius 2 is 2.14 bits per heavy atom. The van der Waals surface area contributed by atoms with Crippen molar-refractivity contribution in [2.45, 2.75) is 13.8 Å². The SMILES string of the molecule is CCOC(=O)c1c(NC(C)=O)sc2c(Cl)c(C=O)ccc12. The van der Waals surface area contributed by atoms with E-state index >= 15 is 0 Å². The summed E-state index contributed by atoms with van der Waals surface area (Å²) in [6.07, 6.45) is 0.642. The monoisotopic (exact) mass is 325 g/mol. The van der Waals surface area contributed by atoms with Crippen molar-refractivity contribution in [3.63, 3.8) is 0 Å². The molecule has 21 heavy (non-hydrogen) atoms. The summed E-state index contributed by atoms with van der Waals surface area (Å²) < 4.78 is 5.58. The molecule has 0 aliphatic rings. The number of hydrogen-bond donors (Lipinski definition) is 1. The lowest BCUT2D eigenvalue weighted by atomic mass is 10.1. The van der Waals surface area contributed by atoms with Crippen LogP contribution in [0.25, 0.3) is 10.1 Å². The van der Waals surface area contributed by atoms with Crippen molar-refractivity contribution in [2.24, 2.45) is 0 Å². The molecule has 0 atom stereocenters. The van der Waals surface area contributed by atoms with Crippen LogP contribution in [0.4, 0.5) is 5.00 Å². The van der Waals surface area contributed by atoms with Gasteiger partial charge in [-0.2, -0.15) is 0 Å². The van der Waals surface area contributed by atoms with Gasteiger partial charge in [-0.25, -0.2) is 4.79 Å². The first kappa shape index (κ1) is 15.5. The summed E-state index contributed by atoms with van der Waals surface area (Å²) in [4.78, 5) is 34.3. The molecule has 2 aromatic rings. The largest absolute Gasteiger partial charge is 0.462 e. The lowest BCUT2D eigenvalue weighted by Crippen LogP contribution is -2.10. The second kappa shape index (κ2) is 6.24. The van der Waals surface area contributed by atoms with Crippen LogP contribution < -0.4 is 5.32 Å². The van der Waals surface area contributed by atoms with Crippen LogP contribution in [0.15, 0.2) is 12.1 Å². The van der Waals surface area contributed by atoms with Gasteiger partial charge in [0.25, 0.3) is 0 Å². The number of thiophene rings is 1. The van der Waals surface area contributed by atoms with Crippen LogP contribution in [-0.4, -0.2) is 24.8 Å². The number of amides is 1. The van der Waals surface area contributed by atoms with Gasteiger partial charge in [0.1, 0.15) is 10.6 Å². The number of fused-ring (bicyclic) bond motifs is 1. The molecule has 1 aromatic heterocycles. The summed E-state index contributed by atoms with van der Waals surface area (Å²) in [5, 5.41) is 3.77. The standard InChI is InChI=1S/C14H12ClNO4S/c1-3-20-14(19)10-9-5-4-8(6-17)11(15)12(9)21-13(10)16-7(2)18/h4-6H,3H2,1-2H3,(H,16,18). The quantitative estimate of drug-likeness (QED) is 0.689. The van der Waals surface area contributed by atoms with Crippen LogP contribution >= 0.6 is 22.9 Å². The maximum Gasteiger partial charge on any atom is 0.341 e. The molecule has 0 fully saturated rings. The smallest absolute Gasteiger partial charge is 0.341 e. The molecule has 1 N–H and O–H groups in total. The number of carbonyl (C=O) groups excluding carboxylic acids is 3. The van der Waals surface area contributed by atoms with Gasteiger partial charge in [0.2, 0.25) is 5.91 Å². The van der Waals surface area contributed by atoms with Crippen molar-refractivity contribution in [3.05, 3.63) is 28.3 Å². The van der Waals surface area contributed by atoms with Gasteiger partial charge >= 0.3 is 5.97 Å². The van der Waals surface area contributed by atoms with Crippen molar-refractivity contribution in [3.8, 4) is 0 Å². The van der Waals surface area contributed by atoms with E-state index in [0.29, 0.717) is 26.9 Å². The molecule has 0 aliphatic carbocycles. The molecule has 0 bridgehead atoms. The van der Waals surface area contributed by atoms with E-state index in [2.05, 4.69) is 5.32 Å². The summed E-state index contributed by atoms with van der Waals surface area (Å²) in [6, 6.07) is 3.16. The number of rotatable bonds is 4. The Balaban J connectivity index is 2.72. The maximum absolute atomic E-state index is 12.1. The Morgan fingerprint density at radius 1 is 1.43 bits per heavy atom. The van der Waals surface area contributed by atoms with E-state index in [0.717, 1.165) is 11.3 Å². The number of benzene rings is 1. The Morgan fingerprint density at radius 3 is 2.71 bits per heavy atom. The highest BCUT2D eigenvalue weighted by atomic mass is 35.5. The number of halogens is 1. The van der Waals surface area contributed by atoms with Crippen molar-refractivity contribution < 1.29 is 19.1 Å². The Labute approximate surface area is 129 Å². The molecule has 2 rings (SSSR count). The van der Waals surface area contributed by atoms with Gasteiger partial charge in [0, 0.05) is 17.9 Å². The fourth-order valence-corrected chi connectivity index (χ4v) is 3.39. The first-order valence-electron chi connectivity index (χ1n) is 6.14. The van der Waals surface area contributed by atoms with E-state index in [1.165, 1.54) is 13.0 Å². The second-order valence-electron chi connectivity index (χ2n) is 4.17. The Hall–Kier alpha value is -1.92. The van der Waals surface area contributed by atoms with E-state index < -0.39 is 5.97 Å². The lowest BCUT2D eigenvalue weighted by molar-refractivity contribution is -0.114. The first-order chi connectivity index (χ1) is 9.99. The molecule has 0 saturated heterocycles. The number of hydrogen-bond acceptors (Lipinski definition) is 5. The average Bonchev–Trinajstić information content (AvgIpc) is 2.77. The summed E-state index contributed by atoms with van der Waals surface area (Å²) in [7, 11) is 0. The Bertz CT molecular complexity index is 738. The van der Waals surface area contributed by atoms with Crippen molar-refractivity contribution >= 4 is 56.2 Å². The van der Waals surface area contributed by atoms with Gasteiger partial charge < -0.3 is 10.1 Å². The van der Waals surface area contributed by atoms with Crippen molar-refractivity contribution in [2.75, 3.05) is 11.9 Å². The van der Waals surface area contributed by atoms with Gasteiger partial charge in [-0.3, -0.25) is 9.59 Å². The van der Waals surface area contributed by atoms with Gasteiger partial charge in [0.15, 0.2) is 6.29 Å². The van der Waals surface area contributed by atoms with Crippen LogP contribution in [0.5, 0.6) is 0 Å². The van der Waals surface area contributed by atoms with E-state index in [1.807, 2.05) is 0 Å². The van der Waals surface area contributed by atoms with Crippen LogP contribution in [0.2, 0.25) is 5.02 Å². The topological polar surface area (TPSA) is 72.5 Å². The van der Waals surface area contributed by atoms with Gasteiger partial charge in [-0.15, -0.1) is 11.3 Å². The van der Waals surface area contributed by atoms with E-state index in [1.54, 1.807) is 13.0 Å². The minimum absolute atomic E-state index is 0.218. The van der Waals surface area contributed by atoms with Crippen molar-refractivity contribution in [1.29, 1.82) is 0 Å². The van der Waals surface area contributed by atoms with E-state index in [9.17, 15) is 14.4 Å². The number of anilines is 1. The molecule has 0 radical (unpaired) electrons. The molecule has 1 heterocycles. The molecule has 0 saturated carbocycles. The van der Waals surface area contributed by atoms with Gasteiger partial charge in [-0.05, 0) is 13.0 Å². The second-order valence-corrected chi connectivity index (χ2v) is 5.57. The maximum atomic E-state index is 12.1.